The van der Waals surface area contributed by atoms with Crippen LogP contribution in [0.5, 0.6) is 0 Å². The summed E-state index contributed by atoms with van der Waals surface area (Å²) in [5.74, 6) is 0. The van der Waals surface area contributed by atoms with Gasteiger partial charge in [0.05, 0.1) is 6.42 Å². The summed E-state index contributed by atoms with van der Waals surface area (Å²) in [6.07, 6.45) is 3.12. The number of aryl methyl sites for hydroxylation is 1. The van der Waals surface area contributed by atoms with Crippen LogP contribution in [0.4, 0.5) is 0 Å². The maximum Gasteiger partial charge on any atom is 0.237 e. The van der Waals surface area contributed by atoms with Crippen LogP contribution < -0.4 is 0 Å². The molecular weight excluding hydrogens is 158 g/mol. The summed E-state index contributed by atoms with van der Waals surface area (Å²) in [4.78, 5) is 3.71. The van der Waals surface area contributed by atoms with Gasteiger partial charge in [0.2, 0.25) is 5.54 Å². The molecule has 1 aromatic rings. The SMILES string of the molecule is [C-]#[N+]C1(Cc2cccc(C)c2)CC1. The molecule has 2 rings (SSSR count). The van der Waals surface area contributed by atoms with Crippen LogP contribution in [0.2, 0.25) is 0 Å². The maximum atomic E-state index is 7.10. The fourth-order valence-corrected chi connectivity index (χ4v) is 1.67. The Kier molecular flexibility index (Phi) is 1.84. The van der Waals surface area contributed by atoms with Gasteiger partial charge in [0, 0.05) is 12.8 Å². The van der Waals surface area contributed by atoms with E-state index in [4.69, 9.17) is 6.57 Å². The second kappa shape index (κ2) is 2.88. The highest BCUT2D eigenvalue weighted by molar-refractivity contribution is 5.28. The molecular formula is C12H13N. The second-order valence-corrected chi connectivity index (χ2v) is 4.00. The largest absolute Gasteiger partial charge is 0.310 e. The molecule has 0 amide bonds. The second-order valence-electron chi connectivity index (χ2n) is 4.00. The van der Waals surface area contributed by atoms with Gasteiger partial charge in [-0.3, -0.25) is 0 Å². The van der Waals surface area contributed by atoms with Gasteiger partial charge < -0.3 is 4.85 Å². The number of benzene rings is 1. The predicted molar refractivity (Wildman–Crippen MR) is 53.5 cm³/mol. The summed E-state index contributed by atoms with van der Waals surface area (Å²) in [6.45, 7) is 9.19. The van der Waals surface area contributed by atoms with Gasteiger partial charge in [0.25, 0.3) is 0 Å². The van der Waals surface area contributed by atoms with Crippen molar-refractivity contribution in [2.75, 3.05) is 0 Å². The van der Waals surface area contributed by atoms with Gasteiger partial charge in [-0.05, 0) is 12.5 Å². The van der Waals surface area contributed by atoms with Crippen molar-refractivity contribution in [1.82, 2.24) is 0 Å². The van der Waals surface area contributed by atoms with Gasteiger partial charge in [-0.2, -0.15) is 0 Å². The molecule has 1 aliphatic carbocycles. The van der Waals surface area contributed by atoms with Crippen LogP contribution in [0, 0.1) is 13.5 Å². The highest BCUT2D eigenvalue weighted by Gasteiger charge is 2.50. The van der Waals surface area contributed by atoms with E-state index in [0.29, 0.717) is 0 Å². The van der Waals surface area contributed by atoms with Gasteiger partial charge in [-0.1, -0.05) is 29.8 Å². The highest BCUT2D eigenvalue weighted by Crippen LogP contribution is 2.42. The minimum Gasteiger partial charge on any atom is -0.310 e. The first kappa shape index (κ1) is 8.31. The monoisotopic (exact) mass is 171 g/mol. The summed E-state index contributed by atoms with van der Waals surface area (Å²) in [5, 5.41) is 0. The minimum absolute atomic E-state index is 0.0200. The number of nitrogens with zero attached hydrogens (tertiary/aromatic N) is 1. The van der Waals surface area contributed by atoms with E-state index < -0.39 is 0 Å². The molecule has 0 N–H and O–H groups in total. The molecule has 0 aliphatic heterocycles. The Balaban J connectivity index is 2.15. The molecule has 0 heterocycles. The van der Waals surface area contributed by atoms with Gasteiger partial charge >= 0.3 is 0 Å². The summed E-state index contributed by atoms with van der Waals surface area (Å²) < 4.78 is 0. The van der Waals surface area contributed by atoms with Crippen LogP contribution in [0.15, 0.2) is 24.3 Å². The van der Waals surface area contributed by atoms with Crippen molar-refractivity contribution in [2.45, 2.75) is 31.7 Å². The molecule has 1 nitrogen and oxygen atoms in total. The third kappa shape index (κ3) is 1.72. The zero-order valence-corrected chi connectivity index (χ0v) is 7.88. The Morgan fingerprint density at radius 3 is 2.77 bits per heavy atom. The van der Waals surface area contributed by atoms with Crippen molar-refractivity contribution < 1.29 is 0 Å². The summed E-state index contributed by atoms with van der Waals surface area (Å²) in [5.41, 5.74) is 2.58. The lowest BCUT2D eigenvalue weighted by molar-refractivity contribution is 0.781. The van der Waals surface area contributed by atoms with Gasteiger partial charge in [0.1, 0.15) is 0 Å². The van der Waals surface area contributed by atoms with Crippen molar-refractivity contribution >= 4 is 0 Å². The number of hydrogen-bond donors (Lipinski definition) is 0. The molecule has 1 fully saturated rings. The van der Waals surface area contributed by atoms with E-state index >= 15 is 0 Å². The standard InChI is InChI=1S/C12H13N/c1-10-4-3-5-11(8-10)9-12(13-2)6-7-12/h3-5,8H,6-7,9H2,1H3. The van der Waals surface area contributed by atoms with E-state index in [1.807, 2.05) is 0 Å². The zero-order valence-electron chi connectivity index (χ0n) is 7.88. The molecule has 0 aromatic heterocycles. The average Bonchev–Trinajstić information content (AvgIpc) is 2.86. The van der Waals surface area contributed by atoms with Crippen LogP contribution in [0.1, 0.15) is 24.0 Å². The first-order valence-electron chi connectivity index (χ1n) is 4.68. The molecule has 1 aliphatic rings. The predicted octanol–water partition coefficient (Wildman–Crippen LogP) is 2.99. The van der Waals surface area contributed by atoms with Crippen molar-refractivity contribution in [2.24, 2.45) is 0 Å². The zero-order chi connectivity index (χ0) is 9.31. The van der Waals surface area contributed by atoms with Crippen LogP contribution in [0.25, 0.3) is 4.85 Å². The molecule has 0 atom stereocenters. The Bertz CT molecular complexity index is 356. The van der Waals surface area contributed by atoms with Gasteiger partial charge in [-0.15, -0.1) is 0 Å². The Morgan fingerprint density at radius 1 is 1.46 bits per heavy atom. The number of rotatable bonds is 2. The third-order valence-corrected chi connectivity index (χ3v) is 2.68. The molecule has 13 heavy (non-hydrogen) atoms. The van der Waals surface area contributed by atoms with E-state index in [1.165, 1.54) is 11.1 Å². The van der Waals surface area contributed by atoms with E-state index in [1.54, 1.807) is 0 Å². The minimum atomic E-state index is -0.0200. The van der Waals surface area contributed by atoms with Crippen LogP contribution in [0.3, 0.4) is 0 Å². The first-order chi connectivity index (χ1) is 6.24. The molecule has 1 heteroatoms. The molecule has 66 valence electrons. The van der Waals surface area contributed by atoms with Crippen LogP contribution in [-0.2, 0) is 6.42 Å². The molecule has 0 radical (unpaired) electrons. The van der Waals surface area contributed by atoms with E-state index in [-0.39, 0.29) is 5.54 Å². The first-order valence-corrected chi connectivity index (χ1v) is 4.68. The van der Waals surface area contributed by atoms with E-state index in [2.05, 4.69) is 36.0 Å². The Labute approximate surface area is 79.2 Å². The highest BCUT2D eigenvalue weighted by atomic mass is 14.9. The van der Waals surface area contributed by atoms with Crippen molar-refractivity contribution in [3.63, 3.8) is 0 Å². The maximum absolute atomic E-state index is 7.10. The molecule has 1 aromatic carbocycles. The third-order valence-electron chi connectivity index (χ3n) is 2.68. The van der Waals surface area contributed by atoms with E-state index in [0.717, 1.165) is 19.3 Å². The van der Waals surface area contributed by atoms with Crippen molar-refractivity contribution in [3.8, 4) is 0 Å². The van der Waals surface area contributed by atoms with Crippen LogP contribution >= 0.6 is 0 Å². The fraction of sp³-hybridized carbons (Fsp3) is 0.417. The average molecular weight is 171 g/mol. The smallest absolute Gasteiger partial charge is 0.237 e. The molecule has 0 saturated heterocycles. The van der Waals surface area contributed by atoms with Crippen molar-refractivity contribution in [1.29, 1.82) is 0 Å². The fourth-order valence-electron chi connectivity index (χ4n) is 1.67. The Morgan fingerprint density at radius 2 is 2.23 bits per heavy atom. The summed E-state index contributed by atoms with van der Waals surface area (Å²) in [7, 11) is 0. The molecule has 1 saturated carbocycles. The number of hydrogen-bond acceptors (Lipinski definition) is 0. The lowest BCUT2D eigenvalue weighted by atomic mass is 10.0. The lowest BCUT2D eigenvalue weighted by Gasteiger charge is -2.03. The van der Waals surface area contributed by atoms with E-state index in [9.17, 15) is 0 Å². The molecule has 0 spiro atoms. The normalized spacial score (nSPS) is 17.8. The van der Waals surface area contributed by atoms with Crippen LogP contribution in [-0.4, -0.2) is 5.54 Å². The summed E-state index contributed by atoms with van der Waals surface area (Å²) >= 11 is 0. The van der Waals surface area contributed by atoms with Gasteiger partial charge in [0.15, 0.2) is 0 Å². The quantitative estimate of drug-likeness (QED) is 0.602. The van der Waals surface area contributed by atoms with Crippen molar-refractivity contribution in [3.05, 3.63) is 46.8 Å². The topological polar surface area (TPSA) is 4.36 Å². The Hall–Kier alpha value is -1.29. The molecule has 0 bridgehead atoms. The molecule has 0 unspecified atom stereocenters. The van der Waals surface area contributed by atoms with Gasteiger partial charge in [-0.25, -0.2) is 6.57 Å². The lowest BCUT2D eigenvalue weighted by Crippen LogP contribution is -2.06. The summed E-state index contributed by atoms with van der Waals surface area (Å²) in [6, 6.07) is 8.48.